The Hall–Kier alpha value is -4.46. The van der Waals surface area contributed by atoms with Crippen molar-refractivity contribution >= 4 is 17.8 Å². The van der Waals surface area contributed by atoms with Crippen LogP contribution in [0.2, 0.25) is 0 Å². The summed E-state index contributed by atoms with van der Waals surface area (Å²) in [6.45, 7) is 1.92. The normalized spacial score (nSPS) is 10.6. The largest absolute Gasteiger partial charge is 0.497 e. The van der Waals surface area contributed by atoms with Crippen molar-refractivity contribution < 1.29 is 18.7 Å². The minimum absolute atomic E-state index is 0.174. The molecule has 1 N–H and O–H groups in total. The molecule has 0 fully saturated rings. The van der Waals surface area contributed by atoms with E-state index in [1.807, 2.05) is 60.8 Å². The molecule has 1 heterocycles. The Bertz CT molecular complexity index is 1300. The maximum atomic E-state index is 13.2. The molecule has 0 aliphatic heterocycles. The van der Waals surface area contributed by atoms with Gasteiger partial charge in [-0.3, -0.25) is 19.5 Å². The third-order valence-corrected chi connectivity index (χ3v) is 5.47. The second-order valence-electron chi connectivity index (χ2n) is 7.76. The number of para-hydroxylation sites is 1. The van der Waals surface area contributed by atoms with Crippen LogP contribution in [-0.4, -0.2) is 46.5 Å². The SMILES string of the molecule is CCN(CC(=O)Nc1nc(-c2ccc(OC)cc2)cn1-c1ccccc1)C(=O)c1ccc(F)cc1. The van der Waals surface area contributed by atoms with Crippen molar-refractivity contribution in [3.63, 3.8) is 0 Å². The zero-order valence-electron chi connectivity index (χ0n) is 19.4. The van der Waals surface area contributed by atoms with E-state index in [1.165, 1.54) is 29.2 Å². The second kappa shape index (κ2) is 10.6. The van der Waals surface area contributed by atoms with Crippen LogP contribution in [0, 0.1) is 5.82 Å². The van der Waals surface area contributed by atoms with Crippen molar-refractivity contribution in [2.24, 2.45) is 0 Å². The first-order valence-corrected chi connectivity index (χ1v) is 11.1. The van der Waals surface area contributed by atoms with Crippen LogP contribution in [-0.2, 0) is 4.79 Å². The van der Waals surface area contributed by atoms with Crippen molar-refractivity contribution in [1.82, 2.24) is 14.5 Å². The molecule has 0 atom stereocenters. The highest BCUT2D eigenvalue weighted by Crippen LogP contribution is 2.26. The number of likely N-dealkylation sites (N-methyl/N-ethyl adjacent to an activating group) is 1. The number of carbonyl (C=O) groups excluding carboxylic acids is 2. The molecule has 0 aliphatic rings. The first kappa shape index (κ1) is 23.7. The van der Waals surface area contributed by atoms with Crippen molar-refractivity contribution in [3.05, 3.63) is 96.4 Å². The number of rotatable bonds is 8. The molecule has 7 nitrogen and oxygen atoms in total. The Balaban J connectivity index is 1.57. The number of halogens is 1. The Kier molecular flexibility index (Phi) is 7.21. The van der Waals surface area contributed by atoms with E-state index < -0.39 is 11.7 Å². The number of anilines is 1. The van der Waals surface area contributed by atoms with Gasteiger partial charge in [-0.1, -0.05) is 18.2 Å². The molecule has 8 heteroatoms. The maximum Gasteiger partial charge on any atom is 0.254 e. The highest BCUT2D eigenvalue weighted by Gasteiger charge is 2.20. The van der Waals surface area contributed by atoms with Gasteiger partial charge in [-0.25, -0.2) is 9.37 Å². The number of methoxy groups -OCH3 is 1. The molecule has 0 unspecified atom stereocenters. The molecule has 0 saturated heterocycles. The molecule has 0 saturated carbocycles. The Labute approximate surface area is 202 Å². The van der Waals surface area contributed by atoms with Crippen LogP contribution in [0.3, 0.4) is 0 Å². The van der Waals surface area contributed by atoms with E-state index in [-0.39, 0.29) is 12.5 Å². The van der Waals surface area contributed by atoms with Crippen LogP contribution in [0.25, 0.3) is 16.9 Å². The highest BCUT2D eigenvalue weighted by molar-refractivity contribution is 5.99. The fourth-order valence-corrected chi connectivity index (χ4v) is 3.59. The van der Waals surface area contributed by atoms with Crippen LogP contribution in [0.5, 0.6) is 5.75 Å². The zero-order valence-corrected chi connectivity index (χ0v) is 19.4. The van der Waals surface area contributed by atoms with Crippen LogP contribution in [0.15, 0.2) is 85.1 Å². The van der Waals surface area contributed by atoms with Gasteiger partial charge in [-0.05, 0) is 67.6 Å². The van der Waals surface area contributed by atoms with Gasteiger partial charge < -0.3 is 9.64 Å². The van der Waals surface area contributed by atoms with E-state index in [0.29, 0.717) is 23.8 Å². The number of hydrogen-bond donors (Lipinski definition) is 1. The van der Waals surface area contributed by atoms with Gasteiger partial charge in [0.15, 0.2) is 0 Å². The minimum atomic E-state index is -0.428. The topological polar surface area (TPSA) is 76.5 Å². The number of nitrogens with one attached hydrogen (secondary N) is 1. The molecular formula is C27H25FN4O3. The van der Waals surface area contributed by atoms with Crippen molar-refractivity contribution in [2.75, 3.05) is 25.5 Å². The first-order valence-electron chi connectivity index (χ1n) is 11.1. The summed E-state index contributed by atoms with van der Waals surface area (Å²) in [6, 6.07) is 22.2. The Morgan fingerprint density at radius 1 is 1.00 bits per heavy atom. The summed E-state index contributed by atoms with van der Waals surface area (Å²) in [5, 5.41) is 2.84. The number of ether oxygens (including phenoxy) is 1. The van der Waals surface area contributed by atoms with Crippen molar-refractivity contribution in [1.29, 1.82) is 0 Å². The third-order valence-electron chi connectivity index (χ3n) is 5.47. The summed E-state index contributed by atoms with van der Waals surface area (Å²) in [5.41, 5.74) is 2.66. The number of amides is 2. The molecule has 4 rings (SSSR count). The summed E-state index contributed by atoms with van der Waals surface area (Å²) in [7, 11) is 1.60. The zero-order chi connectivity index (χ0) is 24.8. The van der Waals surface area contributed by atoms with Gasteiger partial charge in [0.05, 0.1) is 12.8 Å². The summed E-state index contributed by atoms with van der Waals surface area (Å²) < 4.78 is 20.2. The quantitative estimate of drug-likeness (QED) is 0.400. The van der Waals surface area contributed by atoms with Gasteiger partial charge in [0.1, 0.15) is 18.1 Å². The predicted octanol–water partition coefficient (Wildman–Crippen LogP) is 4.79. The summed E-state index contributed by atoms with van der Waals surface area (Å²) in [4.78, 5) is 31.8. The standard InChI is InChI=1S/C27H25FN4O3/c1-3-31(26(34)20-9-13-21(28)14-10-20)18-25(33)30-27-29-24(19-11-15-23(35-2)16-12-19)17-32(27)22-7-5-4-6-8-22/h4-17H,3,18H2,1-2H3,(H,29,30,33). The number of nitrogens with zero attached hydrogens (tertiary/aromatic N) is 3. The smallest absolute Gasteiger partial charge is 0.254 e. The van der Waals surface area contributed by atoms with E-state index in [4.69, 9.17) is 4.74 Å². The van der Waals surface area contributed by atoms with Crippen LogP contribution in [0.1, 0.15) is 17.3 Å². The minimum Gasteiger partial charge on any atom is -0.497 e. The Morgan fingerprint density at radius 2 is 1.69 bits per heavy atom. The number of imidazole rings is 1. The van der Waals surface area contributed by atoms with Gasteiger partial charge in [0, 0.05) is 29.6 Å². The van der Waals surface area contributed by atoms with Gasteiger partial charge in [0.2, 0.25) is 11.9 Å². The lowest BCUT2D eigenvalue weighted by Gasteiger charge is -2.20. The number of benzene rings is 3. The van der Waals surface area contributed by atoms with Crippen molar-refractivity contribution in [3.8, 4) is 22.7 Å². The second-order valence-corrected chi connectivity index (χ2v) is 7.76. The monoisotopic (exact) mass is 472 g/mol. The molecule has 2 amide bonds. The number of hydrogen-bond acceptors (Lipinski definition) is 4. The van der Waals surface area contributed by atoms with E-state index in [1.54, 1.807) is 18.6 Å². The summed E-state index contributed by atoms with van der Waals surface area (Å²) in [5.74, 6) is -0.116. The lowest BCUT2D eigenvalue weighted by atomic mass is 10.1. The average Bonchev–Trinajstić information content (AvgIpc) is 3.31. The molecule has 0 bridgehead atoms. The lowest BCUT2D eigenvalue weighted by molar-refractivity contribution is -0.116. The van der Waals surface area contributed by atoms with Gasteiger partial charge in [-0.2, -0.15) is 0 Å². The van der Waals surface area contributed by atoms with E-state index >= 15 is 0 Å². The average molecular weight is 473 g/mol. The molecule has 0 radical (unpaired) electrons. The number of aromatic nitrogens is 2. The molecule has 4 aromatic rings. The molecule has 0 spiro atoms. The van der Waals surface area contributed by atoms with E-state index in [9.17, 15) is 14.0 Å². The van der Waals surface area contributed by atoms with Crippen LogP contribution >= 0.6 is 0 Å². The molecule has 3 aromatic carbocycles. The molecule has 178 valence electrons. The van der Waals surface area contributed by atoms with Gasteiger partial charge >= 0.3 is 0 Å². The first-order chi connectivity index (χ1) is 17.0. The fraction of sp³-hybridized carbons (Fsp3) is 0.148. The van der Waals surface area contributed by atoms with Gasteiger partial charge in [-0.15, -0.1) is 0 Å². The molecular weight excluding hydrogens is 447 g/mol. The third kappa shape index (κ3) is 5.55. The predicted molar refractivity (Wildman–Crippen MR) is 132 cm³/mol. The highest BCUT2D eigenvalue weighted by atomic mass is 19.1. The van der Waals surface area contributed by atoms with E-state index in [2.05, 4.69) is 10.3 Å². The molecule has 35 heavy (non-hydrogen) atoms. The molecule has 0 aliphatic carbocycles. The fourth-order valence-electron chi connectivity index (χ4n) is 3.59. The van der Waals surface area contributed by atoms with Crippen LogP contribution in [0.4, 0.5) is 10.3 Å². The maximum absolute atomic E-state index is 13.2. The number of carbonyl (C=O) groups is 2. The Morgan fingerprint density at radius 3 is 2.31 bits per heavy atom. The van der Waals surface area contributed by atoms with Gasteiger partial charge in [0.25, 0.3) is 5.91 Å². The summed E-state index contributed by atoms with van der Waals surface area (Å²) >= 11 is 0. The van der Waals surface area contributed by atoms with Crippen LogP contribution < -0.4 is 10.1 Å². The summed E-state index contributed by atoms with van der Waals surface area (Å²) in [6.07, 6.45) is 1.84. The molecule has 1 aromatic heterocycles. The van der Waals surface area contributed by atoms with Crippen molar-refractivity contribution in [2.45, 2.75) is 6.92 Å². The van der Waals surface area contributed by atoms with E-state index in [0.717, 1.165) is 17.0 Å². The lowest BCUT2D eigenvalue weighted by Crippen LogP contribution is -2.38.